The van der Waals surface area contributed by atoms with Crippen molar-refractivity contribution in [3.63, 3.8) is 0 Å². The van der Waals surface area contributed by atoms with Crippen LogP contribution in [0.3, 0.4) is 0 Å². The van der Waals surface area contributed by atoms with E-state index in [0.29, 0.717) is 6.42 Å². The van der Waals surface area contributed by atoms with Gasteiger partial charge in [-0.25, -0.2) is 0 Å². The smallest absolute Gasteiger partial charge is 0.323 e. The molecule has 0 aliphatic carbocycles. The molecule has 6 nitrogen and oxygen atoms in total. The average molecular weight is 316 g/mol. The summed E-state index contributed by atoms with van der Waals surface area (Å²) in [4.78, 5) is 26.7. The van der Waals surface area contributed by atoms with E-state index in [0.717, 1.165) is 22.2 Å². The molecule has 1 aromatic carbocycles. The Morgan fingerprint density at radius 1 is 1.30 bits per heavy atom. The maximum absolute atomic E-state index is 12.0. The summed E-state index contributed by atoms with van der Waals surface area (Å²) in [6.07, 6.45) is 0.127. The predicted molar refractivity (Wildman–Crippen MR) is 84.9 cm³/mol. The highest BCUT2D eigenvalue weighted by Crippen LogP contribution is 2.34. The molecular formula is C17H20N2O4. The van der Waals surface area contributed by atoms with Crippen LogP contribution in [0.2, 0.25) is 0 Å². The Hall–Kier alpha value is -2.34. The van der Waals surface area contributed by atoms with Crippen LogP contribution in [0.1, 0.15) is 31.1 Å². The van der Waals surface area contributed by atoms with Gasteiger partial charge in [-0.05, 0) is 18.6 Å². The second kappa shape index (κ2) is 6.04. The SMILES string of the molecule is COC(=O)C1Cc2c([nH]c3ccccc23)C(C(C)OC(C)=O)N1. The van der Waals surface area contributed by atoms with E-state index < -0.39 is 12.1 Å². The lowest BCUT2D eigenvalue weighted by Crippen LogP contribution is -2.49. The zero-order valence-electron chi connectivity index (χ0n) is 13.4. The molecule has 3 rings (SSSR count). The molecule has 23 heavy (non-hydrogen) atoms. The molecule has 0 radical (unpaired) electrons. The van der Waals surface area contributed by atoms with Crippen LogP contribution in [0, 0.1) is 0 Å². The summed E-state index contributed by atoms with van der Waals surface area (Å²) in [7, 11) is 1.37. The quantitative estimate of drug-likeness (QED) is 0.845. The normalized spacial score (nSPS) is 21.5. The van der Waals surface area contributed by atoms with Crippen molar-refractivity contribution in [1.29, 1.82) is 0 Å². The molecular weight excluding hydrogens is 296 g/mol. The molecule has 3 atom stereocenters. The summed E-state index contributed by atoms with van der Waals surface area (Å²) < 4.78 is 10.2. The Morgan fingerprint density at radius 2 is 2.04 bits per heavy atom. The maximum atomic E-state index is 12.0. The number of H-pyrrole nitrogens is 1. The van der Waals surface area contributed by atoms with Crippen molar-refractivity contribution in [3.8, 4) is 0 Å². The number of carbonyl (C=O) groups is 2. The minimum absolute atomic E-state index is 0.292. The van der Waals surface area contributed by atoms with Crippen molar-refractivity contribution in [3.05, 3.63) is 35.5 Å². The third kappa shape index (κ3) is 2.82. The van der Waals surface area contributed by atoms with Gasteiger partial charge in [0.05, 0.1) is 13.2 Å². The zero-order chi connectivity index (χ0) is 16.6. The highest BCUT2D eigenvalue weighted by molar-refractivity contribution is 5.87. The first kappa shape index (κ1) is 15.6. The van der Waals surface area contributed by atoms with E-state index in [1.165, 1.54) is 14.0 Å². The predicted octanol–water partition coefficient (Wildman–Crippen LogP) is 1.85. The first-order chi connectivity index (χ1) is 11.0. The number of aromatic amines is 1. The van der Waals surface area contributed by atoms with Gasteiger partial charge in [-0.3, -0.25) is 14.9 Å². The van der Waals surface area contributed by atoms with Gasteiger partial charge in [-0.15, -0.1) is 0 Å². The van der Waals surface area contributed by atoms with Gasteiger partial charge in [0.25, 0.3) is 0 Å². The van der Waals surface area contributed by atoms with E-state index in [1.807, 2.05) is 31.2 Å². The standard InChI is InChI=1S/C17H20N2O4/c1-9(23-10(2)20)15-16-12(8-14(19-15)17(21)22-3)11-6-4-5-7-13(11)18-16/h4-7,9,14-15,18-19H,8H2,1-3H3. The third-order valence-electron chi connectivity index (χ3n) is 4.25. The first-order valence-electron chi connectivity index (χ1n) is 7.61. The van der Waals surface area contributed by atoms with Crippen LogP contribution in [0.15, 0.2) is 24.3 Å². The van der Waals surface area contributed by atoms with Crippen LogP contribution < -0.4 is 5.32 Å². The molecule has 0 spiro atoms. The average Bonchev–Trinajstić information content (AvgIpc) is 2.91. The number of hydrogen-bond donors (Lipinski definition) is 2. The lowest BCUT2D eigenvalue weighted by atomic mass is 9.91. The number of fused-ring (bicyclic) bond motifs is 3. The number of para-hydroxylation sites is 1. The fraction of sp³-hybridized carbons (Fsp3) is 0.412. The fourth-order valence-electron chi connectivity index (χ4n) is 3.26. The van der Waals surface area contributed by atoms with Gasteiger partial charge in [-0.1, -0.05) is 18.2 Å². The minimum Gasteiger partial charge on any atom is -0.468 e. The molecule has 1 aromatic heterocycles. The molecule has 3 unspecified atom stereocenters. The molecule has 0 amide bonds. The Labute approximate surface area is 134 Å². The molecule has 0 saturated carbocycles. The van der Waals surface area contributed by atoms with Crippen molar-refractivity contribution in [2.24, 2.45) is 0 Å². The van der Waals surface area contributed by atoms with Crippen molar-refractivity contribution >= 4 is 22.8 Å². The Bertz CT molecular complexity index is 752. The molecule has 0 fully saturated rings. The summed E-state index contributed by atoms with van der Waals surface area (Å²) in [5, 5.41) is 4.32. The number of hydrogen-bond acceptors (Lipinski definition) is 5. The van der Waals surface area contributed by atoms with Gasteiger partial charge in [0.1, 0.15) is 12.1 Å². The van der Waals surface area contributed by atoms with Crippen molar-refractivity contribution < 1.29 is 19.1 Å². The number of nitrogens with one attached hydrogen (secondary N) is 2. The van der Waals surface area contributed by atoms with Crippen LogP contribution in [0.4, 0.5) is 0 Å². The number of methoxy groups -OCH3 is 1. The largest absolute Gasteiger partial charge is 0.468 e. The summed E-state index contributed by atoms with van der Waals surface area (Å²) >= 11 is 0. The summed E-state index contributed by atoms with van der Waals surface area (Å²) in [6.45, 7) is 3.19. The van der Waals surface area contributed by atoms with E-state index in [1.54, 1.807) is 0 Å². The highest BCUT2D eigenvalue weighted by atomic mass is 16.5. The molecule has 2 heterocycles. The maximum Gasteiger partial charge on any atom is 0.323 e. The van der Waals surface area contributed by atoms with Crippen LogP contribution in [-0.2, 0) is 25.5 Å². The monoisotopic (exact) mass is 316 g/mol. The molecule has 2 N–H and O–H groups in total. The Kier molecular flexibility index (Phi) is 4.09. The van der Waals surface area contributed by atoms with E-state index in [9.17, 15) is 9.59 Å². The van der Waals surface area contributed by atoms with Gasteiger partial charge in [0, 0.05) is 29.9 Å². The van der Waals surface area contributed by atoms with Crippen LogP contribution >= 0.6 is 0 Å². The van der Waals surface area contributed by atoms with E-state index >= 15 is 0 Å². The minimum atomic E-state index is -0.463. The van der Waals surface area contributed by atoms with E-state index in [2.05, 4.69) is 10.3 Å². The summed E-state index contributed by atoms with van der Waals surface area (Å²) in [6, 6.07) is 7.19. The molecule has 0 bridgehead atoms. The summed E-state index contributed by atoms with van der Waals surface area (Å²) in [5.41, 5.74) is 3.03. The first-order valence-corrected chi connectivity index (χ1v) is 7.61. The van der Waals surface area contributed by atoms with Crippen LogP contribution in [0.25, 0.3) is 10.9 Å². The fourth-order valence-corrected chi connectivity index (χ4v) is 3.26. The number of carbonyl (C=O) groups excluding carboxylic acids is 2. The molecule has 1 aliphatic heterocycles. The second-order valence-electron chi connectivity index (χ2n) is 5.80. The van der Waals surface area contributed by atoms with Gasteiger partial charge in [0.2, 0.25) is 0 Å². The van der Waals surface area contributed by atoms with E-state index in [4.69, 9.17) is 9.47 Å². The Balaban J connectivity index is 2.05. The molecule has 2 aromatic rings. The van der Waals surface area contributed by atoms with Gasteiger partial charge < -0.3 is 14.5 Å². The summed E-state index contributed by atoms with van der Waals surface area (Å²) in [5.74, 6) is -0.668. The number of benzene rings is 1. The molecule has 6 heteroatoms. The molecule has 122 valence electrons. The van der Waals surface area contributed by atoms with E-state index in [-0.39, 0.29) is 18.0 Å². The van der Waals surface area contributed by atoms with Crippen molar-refractivity contribution in [2.75, 3.05) is 7.11 Å². The second-order valence-corrected chi connectivity index (χ2v) is 5.80. The molecule has 0 saturated heterocycles. The van der Waals surface area contributed by atoms with Gasteiger partial charge in [0.15, 0.2) is 0 Å². The number of esters is 2. The van der Waals surface area contributed by atoms with Crippen LogP contribution in [-0.4, -0.2) is 36.2 Å². The lowest BCUT2D eigenvalue weighted by molar-refractivity contribution is -0.148. The lowest BCUT2D eigenvalue weighted by Gasteiger charge is -2.33. The van der Waals surface area contributed by atoms with Crippen molar-refractivity contribution in [2.45, 2.75) is 38.5 Å². The number of ether oxygens (including phenoxy) is 2. The van der Waals surface area contributed by atoms with Crippen LogP contribution in [0.5, 0.6) is 0 Å². The third-order valence-corrected chi connectivity index (χ3v) is 4.25. The van der Waals surface area contributed by atoms with Gasteiger partial charge in [-0.2, -0.15) is 0 Å². The Morgan fingerprint density at radius 3 is 2.74 bits per heavy atom. The topological polar surface area (TPSA) is 80.4 Å². The van der Waals surface area contributed by atoms with Gasteiger partial charge >= 0.3 is 11.9 Å². The number of rotatable bonds is 3. The van der Waals surface area contributed by atoms with Crippen molar-refractivity contribution in [1.82, 2.24) is 10.3 Å². The zero-order valence-corrected chi connectivity index (χ0v) is 13.4. The molecule has 1 aliphatic rings. The number of aromatic nitrogens is 1. The highest BCUT2D eigenvalue weighted by Gasteiger charge is 2.37.